The maximum atomic E-state index is 12.7. The van der Waals surface area contributed by atoms with Gasteiger partial charge in [-0.05, 0) is 55.2 Å². The predicted octanol–water partition coefficient (Wildman–Crippen LogP) is 3.89. The van der Waals surface area contributed by atoms with Gasteiger partial charge in [0.2, 0.25) is 5.91 Å². The summed E-state index contributed by atoms with van der Waals surface area (Å²) in [6.45, 7) is 4.95. The van der Waals surface area contributed by atoms with Crippen molar-refractivity contribution < 1.29 is 4.79 Å². The van der Waals surface area contributed by atoms with E-state index in [1.807, 2.05) is 24.3 Å². The van der Waals surface area contributed by atoms with Crippen LogP contribution in [0.15, 0.2) is 24.3 Å². The second-order valence-corrected chi connectivity index (χ2v) is 8.74. The van der Waals surface area contributed by atoms with Crippen LogP contribution in [0.2, 0.25) is 5.02 Å². The molecule has 1 aromatic rings. The van der Waals surface area contributed by atoms with Crippen LogP contribution in [0.1, 0.15) is 51.5 Å². The van der Waals surface area contributed by atoms with E-state index in [-0.39, 0.29) is 17.2 Å². The normalized spacial score (nSPS) is 30.0. The number of carbonyl (C=O) groups excluding carboxylic acids is 1. The van der Waals surface area contributed by atoms with Crippen LogP contribution in [-0.2, 0) is 10.2 Å². The van der Waals surface area contributed by atoms with Gasteiger partial charge < -0.3 is 11.1 Å². The number of hydrogen-bond donors (Lipinski definition) is 2. The van der Waals surface area contributed by atoms with E-state index in [2.05, 4.69) is 19.2 Å². The first-order valence-corrected chi connectivity index (χ1v) is 9.54. The number of nitrogens with one attached hydrogen (secondary N) is 1. The number of nitrogens with two attached hydrogens (primary N) is 1. The Bertz CT molecular complexity index is 570. The van der Waals surface area contributed by atoms with E-state index in [4.69, 9.17) is 17.3 Å². The van der Waals surface area contributed by atoms with Crippen molar-refractivity contribution in [1.29, 1.82) is 0 Å². The van der Waals surface area contributed by atoms with Crippen molar-refractivity contribution >= 4 is 17.5 Å². The average Bonchev–Trinajstić information content (AvgIpc) is 2.53. The fourth-order valence-corrected chi connectivity index (χ4v) is 4.58. The number of carbonyl (C=O) groups is 1. The topological polar surface area (TPSA) is 55.1 Å². The summed E-state index contributed by atoms with van der Waals surface area (Å²) in [5, 5.41) is 3.94. The third kappa shape index (κ3) is 3.78. The Balaban J connectivity index is 1.58. The van der Waals surface area contributed by atoms with Crippen LogP contribution in [-0.4, -0.2) is 18.5 Å². The Morgan fingerprint density at radius 1 is 1.21 bits per heavy atom. The van der Waals surface area contributed by atoms with Gasteiger partial charge in [-0.1, -0.05) is 44.0 Å². The molecule has 0 heterocycles. The van der Waals surface area contributed by atoms with E-state index in [1.54, 1.807) is 0 Å². The van der Waals surface area contributed by atoms with Crippen LogP contribution in [0.3, 0.4) is 0 Å². The van der Waals surface area contributed by atoms with Gasteiger partial charge in [0.25, 0.3) is 0 Å². The smallest absolute Gasteiger partial charge is 0.223 e. The molecule has 0 spiro atoms. The van der Waals surface area contributed by atoms with Gasteiger partial charge in [0.05, 0.1) is 0 Å². The van der Waals surface area contributed by atoms with Crippen LogP contribution in [0.4, 0.5) is 0 Å². The Kier molecular flexibility index (Phi) is 5.22. The molecule has 0 saturated heterocycles. The van der Waals surface area contributed by atoms with Crippen molar-refractivity contribution in [3.8, 4) is 0 Å². The van der Waals surface area contributed by atoms with E-state index in [9.17, 15) is 4.79 Å². The van der Waals surface area contributed by atoms with Crippen LogP contribution in [0, 0.1) is 17.8 Å². The third-order valence-corrected chi connectivity index (χ3v) is 6.37. The highest BCUT2D eigenvalue weighted by Gasteiger charge is 2.40. The van der Waals surface area contributed by atoms with E-state index in [0.717, 1.165) is 17.9 Å². The zero-order valence-electron chi connectivity index (χ0n) is 14.7. The lowest BCUT2D eigenvalue weighted by Crippen LogP contribution is -2.50. The summed E-state index contributed by atoms with van der Waals surface area (Å²) in [4.78, 5) is 12.7. The van der Waals surface area contributed by atoms with Gasteiger partial charge >= 0.3 is 0 Å². The number of amides is 1. The second-order valence-electron chi connectivity index (χ2n) is 8.31. The maximum Gasteiger partial charge on any atom is 0.223 e. The third-order valence-electron chi connectivity index (χ3n) is 6.11. The second kappa shape index (κ2) is 7.05. The van der Waals surface area contributed by atoms with Gasteiger partial charge in [0.15, 0.2) is 0 Å². The van der Waals surface area contributed by atoms with Gasteiger partial charge in [-0.25, -0.2) is 0 Å². The van der Waals surface area contributed by atoms with Crippen LogP contribution >= 0.6 is 11.6 Å². The van der Waals surface area contributed by atoms with E-state index in [1.165, 1.54) is 24.8 Å². The van der Waals surface area contributed by atoms with E-state index < -0.39 is 0 Å². The Hall–Kier alpha value is -1.06. The molecule has 24 heavy (non-hydrogen) atoms. The van der Waals surface area contributed by atoms with Gasteiger partial charge in [-0.15, -0.1) is 0 Å². The molecule has 1 aromatic carbocycles. The molecule has 0 aliphatic heterocycles. The molecule has 2 aliphatic carbocycles. The lowest BCUT2D eigenvalue weighted by atomic mass is 9.65. The number of hydrogen-bond acceptors (Lipinski definition) is 2. The monoisotopic (exact) mass is 348 g/mol. The number of benzene rings is 1. The average molecular weight is 349 g/mol. The fourth-order valence-electron chi connectivity index (χ4n) is 4.46. The van der Waals surface area contributed by atoms with Crippen LogP contribution < -0.4 is 11.1 Å². The summed E-state index contributed by atoms with van der Waals surface area (Å²) >= 11 is 5.97. The zero-order valence-corrected chi connectivity index (χ0v) is 15.5. The lowest BCUT2D eigenvalue weighted by molar-refractivity contribution is -0.128. The van der Waals surface area contributed by atoms with Crippen molar-refractivity contribution in [2.75, 3.05) is 6.54 Å². The summed E-state index contributed by atoms with van der Waals surface area (Å²) < 4.78 is 0. The number of fused-ring (bicyclic) bond motifs is 2. The van der Waals surface area contributed by atoms with Gasteiger partial charge in [0.1, 0.15) is 0 Å². The van der Waals surface area contributed by atoms with Gasteiger partial charge in [-0.3, -0.25) is 4.79 Å². The molecule has 3 nitrogen and oxygen atoms in total. The largest absolute Gasteiger partial charge is 0.355 e. The first-order chi connectivity index (χ1) is 11.4. The Morgan fingerprint density at radius 3 is 2.38 bits per heavy atom. The van der Waals surface area contributed by atoms with Gasteiger partial charge in [0, 0.05) is 28.9 Å². The molecule has 2 saturated carbocycles. The molecule has 0 aromatic heterocycles. The molecular weight excluding hydrogens is 320 g/mol. The molecule has 4 heteroatoms. The highest BCUT2D eigenvalue weighted by Crippen LogP contribution is 2.42. The minimum atomic E-state index is -0.110. The molecule has 2 aliphatic rings. The van der Waals surface area contributed by atoms with Gasteiger partial charge in [-0.2, -0.15) is 0 Å². The fraction of sp³-hybridized carbons (Fsp3) is 0.650. The highest BCUT2D eigenvalue weighted by atomic mass is 35.5. The molecule has 2 bridgehead atoms. The highest BCUT2D eigenvalue weighted by molar-refractivity contribution is 6.30. The minimum Gasteiger partial charge on any atom is -0.355 e. The van der Waals surface area contributed by atoms with Crippen molar-refractivity contribution in [2.45, 2.75) is 57.4 Å². The summed E-state index contributed by atoms with van der Waals surface area (Å²) in [6.07, 6.45) is 5.59. The van der Waals surface area contributed by atoms with E-state index in [0.29, 0.717) is 24.4 Å². The molecule has 3 N–H and O–H groups in total. The van der Waals surface area contributed by atoms with Crippen molar-refractivity contribution in [3.63, 3.8) is 0 Å². The zero-order chi connectivity index (χ0) is 17.3. The van der Waals surface area contributed by atoms with E-state index >= 15 is 0 Å². The minimum absolute atomic E-state index is 0.110. The molecule has 2 atom stereocenters. The predicted molar refractivity (Wildman–Crippen MR) is 99.0 cm³/mol. The maximum absolute atomic E-state index is 12.7. The molecular formula is C20H29ClN2O. The summed E-state index contributed by atoms with van der Waals surface area (Å²) in [6, 6.07) is 8.21. The molecule has 3 rings (SSSR count). The van der Waals surface area contributed by atoms with Crippen molar-refractivity contribution in [1.82, 2.24) is 5.32 Å². The summed E-state index contributed by atoms with van der Waals surface area (Å²) in [7, 11) is 0. The SMILES string of the molecule is CC(C)(CNC(=O)C1CC2CCCC(C1)C2N)c1ccc(Cl)cc1. The van der Waals surface area contributed by atoms with Crippen LogP contribution in [0.25, 0.3) is 0 Å². The number of rotatable bonds is 4. The molecule has 0 radical (unpaired) electrons. The molecule has 2 fully saturated rings. The summed E-state index contributed by atoms with van der Waals surface area (Å²) in [5.41, 5.74) is 7.42. The quantitative estimate of drug-likeness (QED) is 0.867. The van der Waals surface area contributed by atoms with Crippen LogP contribution in [0.5, 0.6) is 0 Å². The first kappa shape index (κ1) is 17.8. The number of halogens is 1. The Morgan fingerprint density at radius 2 is 1.79 bits per heavy atom. The molecule has 1 amide bonds. The summed E-state index contributed by atoms with van der Waals surface area (Å²) in [5.74, 6) is 1.43. The molecule has 132 valence electrons. The van der Waals surface area contributed by atoms with Crippen molar-refractivity contribution in [3.05, 3.63) is 34.9 Å². The standard InChI is InChI=1S/C20H29ClN2O/c1-20(2,16-6-8-17(21)9-7-16)12-23-19(24)15-10-13-4-3-5-14(11-15)18(13)22/h6-9,13-15,18H,3-5,10-12,22H2,1-2H3,(H,23,24). The molecule has 2 unspecified atom stereocenters. The lowest BCUT2D eigenvalue weighted by Gasteiger charge is -2.43. The Labute approximate surface area is 150 Å². The first-order valence-electron chi connectivity index (χ1n) is 9.16. The van der Waals surface area contributed by atoms with Crippen molar-refractivity contribution in [2.24, 2.45) is 23.5 Å².